The molecule has 24 heavy (non-hydrogen) atoms. The summed E-state index contributed by atoms with van der Waals surface area (Å²) in [6.07, 6.45) is 1.25. The zero-order chi connectivity index (χ0) is 17.3. The average molecular weight is 346 g/mol. The number of fused-ring (bicyclic) bond motifs is 1. The van der Waals surface area contributed by atoms with Gasteiger partial charge in [0.2, 0.25) is 5.91 Å². The highest BCUT2D eigenvalue weighted by Gasteiger charge is 2.35. The monoisotopic (exact) mass is 346 g/mol. The molecule has 0 spiro atoms. The lowest BCUT2D eigenvalue weighted by atomic mass is 10.1. The van der Waals surface area contributed by atoms with Gasteiger partial charge in [0.25, 0.3) is 11.8 Å². The number of benzene rings is 1. The molecule has 0 aromatic heterocycles. The Hall–Kier alpha value is -1.82. The number of carbonyl (C=O) groups is 3. The first-order chi connectivity index (χ1) is 11.5. The van der Waals surface area contributed by atoms with Gasteiger partial charge in [-0.3, -0.25) is 19.3 Å². The van der Waals surface area contributed by atoms with Crippen molar-refractivity contribution in [3.8, 4) is 0 Å². The van der Waals surface area contributed by atoms with E-state index < -0.39 is 0 Å². The van der Waals surface area contributed by atoms with Crippen LogP contribution in [0.5, 0.6) is 0 Å². The van der Waals surface area contributed by atoms with E-state index in [4.69, 9.17) is 0 Å². The molecule has 1 unspecified atom stereocenters. The van der Waals surface area contributed by atoms with Crippen molar-refractivity contribution in [1.29, 1.82) is 0 Å². The van der Waals surface area contributed by atoms with Crippen molar-refractivity contribution in [2.45, 2.75) is 31.9 Å². The van der Waals surface area contributed by atoms with E-state index in [1.807, 2.05) is 29.7 Å². The second-order valence-electron chi connectivity index (χ2n) is 6.30. The van der Waals surface area contributed by atoms with E-state index in [-0.39, 0.29) is 30.7 Å². The SMILES string of the molecule is CCC1CN(C(=O)CCN2C(=O)c3ccc(C)cc3C2=O)CCS1. The molecule has 5 nitrogen and oxygen atoms in total. The second-order valence-corrected chi connectivity index (χ2v) is 7.71. The van der Waals surface area contributed by atoms with Gasteiger partial charge in [-0.1, -0.05) is 18.6 Å². The fraction of sp³-hybridized carbons (Fsp3) is 0.500. The first-order valence-corrected chi connectivity index (χ1v) is 9.42. The van der Waals surface area contributed by atoms with Crippen molar-refractivity contribution < 1.29 is 14.4 Å². The van der Waals surface area contributed by atoms with Crippen molar-refractivity contribution in [3.63, 3.8) is 0 Å². The number of imide groups is 1. The standard InChI is InChI=1S/C18H22N2O3S/c1-3-13-11-19(8-9-24-13)16(21)6-7-20-17(22)14-5-4-12(2)10-15(14)18(20)23/h4-5,10,13H,3,6-9,11H2,1-2H3. The molecule has 0 N–H and O–H groups in total. The predicted octanol–water partition coefficient (Wildman–Crippen LogP) is 2.34. The highest BCUT2D eigenvalue weighted by Crippen LogP contribution is 2.25. The molecule has 3 amide bonds. The average Bonchev–Trinajstić information content (AvgIpc) is 2.83. The van der Waals surface area contributed by atoms with Gasteiger partial charge in [-0.2, -0.15) is 11.8 Å². The lowest BCUT2D eigenvalue weighted by molar-refractivity contribution is -0.131. The summed E-state index contributed by atoms with van der Waals surface area (Å²) in [5.41, 5.74) is 1.84. The zero-order valence-corrected chi connectivity index (χ0v) is 14.9. The van der Waals surface area contributed by atoms with Crippen molar-refractivity contribution in [3.05, 3.63) is 34.9 Å². The van der Waals surface area contributed by atoms with E-state index in [1.165, 1.54) is 4.90 Å². The van der Waals surface area contributed by atoms with Gasteiger partial charge in [0, 0.05) is 37.1 Å². The smallest absolute Gasteiger partial charge is 0.261 e. The third-order valence-corrected chi connectivity index (χ3v) is 5.99. The maximum atomic E-state index is 12.4. The number of thioether (sulfide) groups is 1. The Morgan fingerprint density at radius 3 is 2.75 bits per heavy atom. The Morgan fingerprint density at radius 1 is 1.25 bits per heavy atom. The molecule has 1 aromatic carbocycles. The van der Waals surface area contributed by atoms with Crippen LogP contribution in [0.2, 0.25) is 0 Å². The molecule has 0 saturated carbocycles. The highest BCUT2D eigenvalue weighted by atomic mass is 32.2. The van der Waals surface area contributed by atoms with Crippen LogP contribution in [0, 0.1) is 6.92 Å². The van der Waals surface area contributed by atoms with Crippen LogP contribution in [0.25, 0.3) is 0 Å². The molecule has 6 heteroatoms. The van der Waals surface area contributed by atoms with Gasteiger partial charge in [-0.25, -0.2) is 0 Å². The third-order valence-electron chi connectivity index (χ3n) is 4.62. The van der Waals surface area contributed by atoms with Crippen LogP contribution in [0.15, 0.2) is 18.2 Å². The van der Waals surface area contributed by atoms with Gasteiger partial charge in [-0.15, -0.1) is 0 Å². The lowest BCUT2D eigenvalue weighted by Gasteiger charge is -2.32. The third kappa shape index (κ3) is 3.20. The largest absolute Gasteiger partial charge is 0.341 e. The van der Waals surface area contributed by atoms with Gasteiger partial charge < -0.3 is 4.90 Å². The molecule has 2 aliphatic rings. The van der Waals surface area contributed by atoms with Crippen LogP contribution in [-0.4, -0.2) is 58.2 Å². The Kier molecular flexibility index (Phi) is 4.94. The summed E-state index contributed by atoms with van der Waals surface area (Å²) < 4.78 is 0. The van der Waals surface area contributed by atoms with Gasteiger partial charge >= 0.3 is 0 Å². The van der Waals surface area contributed by atoms with Crippen molar-refractivity contribution in [1.82, 2.24) is 9.80 Å². The summed E-state index contributed by atoms with van der Waals surface area (Å²) in [4.78, 5) is 40.3. The molecule has 2 aliphatic heterocycles. The van der Waals surface area contributed by atoms with Gasteiger partial charge in [0.05, 0.1) is 11.1 Å². The van der Waals surface area contributed by atoms with E-state index in [1.54, 1.807) is 12.1 Å². The summed E-state index contributed by atoms with van der Waals surface area (Å²) in [5, 5.41) is 0.491. The minimum atomic E-state index is -0.288. The van der Waals surface area contributed by atoms with E-state index in [2.05, 4.69) is 6.92 Å². The van der Waals surface area contributed by atoms with Crippen LogP contribution >= 0.6 is 11.8 Å². The molecule has 2 heterocycles. The molecular weight excluding hydrogens is 324 g/mol. The zero-order valence-electron chi connectivity index (χ0n) is 14.1. The molecular formula is C18H22N2O3S. The molecule has 0 bridgehead atoms. The minimum absolute atomic E-state index is 0.0292. The topological polar surface area (TPSA) is 57.7 Å². The Balaban J connectivity index is 1.62. The number of hydrogen-bond donors (Lipinski definition) is 0. The fourth-order valence-corrected chi connectivity index (χ4v) is 4.35. The minimum Gasteiger partial charge on any atom is -0.341 e. The Bertz CT molecular complexity index is 689. The summed E-state index contributed by atoms with van der Waals surface area (Å²) in [6.45, 7) is 5.70. The van der Waals surface area contributed by atoms with Crippen LogP contribution in [0.3, 0.4) is 0 Å². The van der Waals surface area contributed by atoms with E-state index in [0.29, 0.717) is 16.4 Å². The van der Waals surface area contributed by atoms with Gasteiger partial charge in [0.1, 0.15) is 0 Å². The maximum absolute atomic E-state index is 12.4. The lowest BCUT2D eigenvalue weighted by Crippen LogP contribution is -2.43. The van der Waals surface area contributed by atoms with Crippen molar-refractivity contribution >= 4 is 29.5 Å². The maximum Gasteiger partial charge on any atom is 0.261 e. The quantitative estimate of drug-likeness (QED) is 0.785. The molecule has 1 atom stereocenters. The molecule has 128 valence electrons. The number of carbonyl (C=O) groups excluding carboxylic acids is 3. The number of hydrogen-bond acceptors (Lipinski definition) is 4. The van der Waals surface area contributed by atoms with Crippen molar-refractivity contribution in [2.75, 3.05) is 25.4 Å². The molecule has 1 fully saturated rings. The Labute approximate surface area is 146 Å². The Morgan fingerprint density at radius 2 is 2.00 bits per heavy atom. The van der Waals surface area contributed by atoms with Crippen LogP contribution in [0.4, 0.5) is 0 Å². The number of amides is 3. The van der Waals surface area contributed by atoms with Crippen LogP contribution in [0.1, 0.15) is 46.0 Å². The summed E-state index contributed by atoms with van der Waals surface area (Å²) in [6, 6.07) is 5.26. The molecule has 1 aromatic rings. The highest BCUT2D eigenvalue weighted by molar-refractivity contribution is 8.00. The van der Waals surface area contributed by atoms with Crippen LogP contribution < -0.4 is 0 Å². The first kappa shape index (κ1) is 17.0. The summed E-state index contributed by atoms with van der Waals surface area (Å²) in [7, 11) is 0. The normalized spacial score (nSPS) is 20.5. The molecule has 3 rings (SSSR count). The fourth-order valence-electron chi connectivity index (χ4n) is 3.17. The molecule has 0 radical (unpaired) electrons. The predicted molar refractivity (Wildman–Crippen MR) is 94.3 cm³/mol. The number of nitrogens with zero attached hydrogens (tertiary/aromatic N) is 2. The second kappa shape index (κ2) is 6.97. The number of rotatable bonds is 4. The van der Waals surface area contributed by atoms with Crippen LogP contribution in [-0.2, 0) is 4.79 Å². The summed E-state index contributed by atoms with van der Waals surface area (Å²) >= 11 is 1.91. The van der Waals surface area contributed by atoms with Crippen molar-refractivity contribution in [2.24, 2.45) is 0 Å². The van der Waals surface area contributed by atoms with E-state index in [0.717, 1.165) is 30.8 Å². The molecule has 1 saturated heterocycles. The van der Waals surface area contributed by atoms with E-state index in [9.17, 15) is 14.4 Å². The van der Waals surface area contributed by atoms with Gasteiger partial charge in [-0.05, 0) is 25.5 Å². The molecule has 0 aliphatic carbocycles. The number of aryl methyl sites for hydroxylation is 1. The van der Waals surface area contributed by atoms with Gasteiger partial charge in [0.15, 0.2) is 0 Å². The summed E-state index contributed by atoms with van der Waals surface area (Å²) in [5.74, 6) is 0.411. The van der Waals surface area contributed by atoms with E-state index >= 15 is 0 Å². The first-order valence-electron chi connectivity index (χ1n) is 8.37.